The molecule has 3 aliphatic rings. The minimum Gasteiger partial charge on any atom is -0.388 e. The lowest BCUT2D eigenvalue weighted by atomic mass is 9.80. The molecule has 0 amide bonds. The molecule has 0 aromatic carbocycles. The van der Waals surface area contributed by atoms with Crippen LogP contribution in [0.5, 0.6) is 0 Å². The summed E-state index contributed by atoms with van der Waals surface area (Å²) in [7, 11) is 0. The number of likely N-dealkylation sites (tertiary alicyclic amines) is 1. The Balaban J connectivity index is 1.44. The van der Waals surface area contributed by atoms with Crippen molar-refractivity contribution in [2.24, 2.45) is 10.9 Å². The lowest BCUT2D eigenvalue weighted by molar-refractivity contribution is -0.0236. The van der Waals surface area contributed by atoms with Crippen LogP contribution in [0.4, 0.5) is 0 Å². The van der Waals surface area contributed by atoms with Gasteiger partial charge in [-0.05, 0) is 51.4 Å². The molecular formula is C18H34N4O. The normalized spacial score (nSPS) is 28.8. The minimum absolute atomic E-state index is 0.491. The van der Waals surface area contributed by atoms with Crippen LogP contribution in [0, 0.1) is 5.92 Å². The standard InChI is InChI=1S/C18H34N4O/c1-2-19-17(20-14-18(23)9-5-10-18)21-16-8-11-22(13-16)12-15-6-3-4-7-15/h15-16,23H,2-14H2,1H3,(H2,19,20,21). The molecule has 2 aliphatic carbocycles. The van der Waals surface area contributed by atoms with Gasteiger partial charge in [-0.1, -0.05) is 12.8 Å². The maximum absolute atomic E-state index is 10.2. The minimum atomic E-state index is -0.535. The Morgan fingerprint density at radius 2 is 2.00 bits per heavy atom. The number of aliphatic hydroxyl groups is 1. The van der Waals surface area contributed by atoms with E-state index in [9.17, 15) is 5.11 Å². The van der Waals surface area contributed by atoms with Crippen molar-refractivity contribution in [3.8, 4) is 0 Å². The first kappa shape index (κ1) is 17.0. The number of aliphatic imine (C=N–C) groups is 1. The third-order valence-electron chi connectivity index (χ3n) is 5.76. The van der Waals surface area contributed by atoms with E-state index < -0.39 is 5.60 Å². The molecule has 0 radical (unpaired) electrons. The molecule has 5 heteroatoms. The fourth-order valence-corrected chi connectivity index (χ4v) is 4.16. The fourth-order valence-electron chi connectivity index (χ4n) is 4.16. The van der Waals surface area contributed by atoms with Crippen LogP contribution in [0.3, 0.4) is 0 Å². The molecule has 132 valence electrons. The molecule has 0 spiro atoms. The van der Waals surface area contributed by atoms with Gasteiger partial charge < -0.3 is 20.6 Å². The molecule has 2 saturated carbocycles. The molecule has 3 rings (SSSR count). The molecule has 23 heavy (non-hydrogen) atoms. The Bertz CT molecular complexity index is 402. The summed E-state index contributed by atoms with van der Waals surface area (Å²) < 4.78 is 0. The second-order valence-electron chi connectivity index (χ2n) is 7.81. The molecule has 1 unspecified atom stereocenters. The molecule has 3 N–H and O–H groups in total. The lowest BCUT2D eigenvalue weighted by Gasteiger charge is -2.35. The Morgan fingerprint density at radius 3 is 2.65 bits per heavy atom. The summed E-state index contributed by atoms with van der Waals surface area (Å²) in [6.07, 6.45) is 9.84. The summed E-state index contributed by atoms with van der Waals surface area (Å²) in [5, 5.41) is 17.1. The van der Waals surface area contributed by atoms with E-state index in [4.69, 9.17) is 0 Å². The van der Waals surface area contributed by atoms with E-state index in [1.54, 1.807) is 0 Å². The Labute approximate surface area is 140 Å². The van der Waals surface area contributed by atoms with Crippen molar-refractivity contribution in [1.29, 1.82) is 0 Å². The molecule has 0 bridgehead atoms. The van der Waals surface area contributed by atoms with Gasteiger partial charge >= 0.3 is 0 Å². The molecule has 0 aromatic rings. The number of guanidine groups is 1. The first-order chi connectivity index (χ1) is 11.2. The highest BCUT2D eigenvalue weighted by molar-refractivity contribution is 5.80. The molecule has 1 atom stereocenters. The zero-order chi connectivity index (χ0) is 16.1. The Morgan fingerprint density at radius 1 is 1.22 bits per heavy atom. The van der Waals surface area contributed by atoms with E-state index in [0.29, 0.717) is 12.6 Å². The van der Waals surface area contributed by atoms with Gasteiger partial charge in [-0.2, -0.15) is 0 Å². The Kier molecular flexibility index (Phi) is 5.81. The summed E-state index contributed by atoms with van der Waals surface area (Å²) >= 11 is 0. The van der Waals surface area contributed by atoms with Crippen molar-refractivity contribution in [1.82, 2.24) is 15.5 Å². The van der Waals surface area contributed by atoms with Crippen molar-refractivity contribution in [2.75, 3.05) is 32.7 Å². The number of hydrogen-bond donors (Lipinski definition) is 3. The van der Waals surface area contributed by atoms with Crippen LogP contribution < -0.4 is 10.6 Å². The van der Waals surface area contributed by atoms with Gasteiger partial charge in [0.15, 0.2) is 5.96 Å². The van der Waals surface area contributed by atoms with Gasteiger partial charge in [0.1, 0.15) is 0 Å². The average Bonchev–Trinajstić information content (AvgIpc) is 3.16. The van der Waals surface area contributed by atoms with Gasteiger partial charge in [-0.15, -0.1) is 0 Å². The van der Waals surface area contributed by atoms with Gasteiger partial charge in [-0.25, -0.2) is 0 Å². The van der Waals surface area contributed by atoms with Crippen LogP contribution in [-0.2, 0) is 0 Å². The predicted molar refractivity (Wildman–Crippen MR) is 94.7 cm³/mol. The highest BCUT2D eigenvalue weighted by atomic mass is 16.3. The first-order valence-electron chi connectivity index (χ1n) is 9.66. The van der Waals surface area contributed by atoms with Crippen molar-refractivity contribution in [3.63, 3.8) is 0 Å². The van der Waals surface area contributed by atoms with Crippen molar-refractivity contribution in [2.45, 2.75) is 69.9 Å². The average molecular weight is 322 g/mol. The largest absolute Gasteiger partial charge is 0.388 e. The van der Waals surface area contributed by atoms with Crippen LogP contribution in [0.2, 0.25) is 0 Å². The number of nitrogens with zero attached hydrogens (tertiary/aromatic N) is 2. The first-order valence-corrected chi connectivity index (χ1v) is 9.66. The maximum Gasteiger partial charge on any atom is 0.191 e. The molecule has 1 aliphatic heterocycles. The summed E-state index contributed by atoms with van der Waals surface area (Å²) in [4.78, 5) is 7.25. The third kappa shape index (κ3) is 4.83. The van der Waals surface area contributed by atoms with E-state index in [1.165, 1.54) is 45.2 Å². The zero-order valence-electron chi connectivity index (χ0n) is 14.7. The molecule has 3 fully saturated rings. The molecule has 1 saturated heterocycles. The second-order valence-corrected chi connectivity index (χ2v) is 7.81. The van der Waals surface area contributed by atoms with Gasteiger partial charge in [0, 0.05) is 32.2 Å². The van der Waals surface area contributed by atoms with Crippen molar-refractivity contribution < 1.29 is 5.11 Å². The van der Waals surface area contributed by atoms with Gasteiger partial charge in [0.25, 0.3) is 0 Å². The monoisotopic (exact) mass is 322 g/mol. The smallest absolute Gasteiger partial charge is 0.191 e. The summed E-state index contributed by atoms with van der Waals surface area (Å²) in [6, 6.07) is 0.491. The van der Waals surface area contributed by atoms with Crippen LogP contribution in [0.15, 0.2) is 4.99 Å². The number of nitrogens with one attached hydrogen (secondary N) is 2. The van der Waals surface area contributed by atoms with E-state index >= 15 is 0 Å². The highest BCUT2D eigenvalue weighted by Crippen LogP contribution is 2.31. The van der Waals surface area contributed by atoms with E-state index in [-0.39, 0.29) is 0 Å². The second kappa shape index (κ2) is 7.84. The lowest BCUT2D eigenvalue weighted by Crippen LogP contribution is -2.47. The predicted octanol–water partition coefficient (Wildman–Crippen LogP) is 1.72. The van der Waals surface area contributed by atoms with E-state index in [2.05, 4.69) is 27.4 Å². The summed E-state index contributed by atoms with van der Waals surface area (Å²) in [5.41, 5.74) is -0.535. The van der Waals surface area contributed by atoms with E-state index in [0.717, 1.165) is 44.2 Å². The fraction of sp³-hybridized carbons (Fsp3) is 0.944. The van der Waals surface area contributed by atoms with Crippen LogP contribution in [-0.4, -0.2) is 60.3 Å². The van der Waals surface area contributed by atoms with Crippen LogP contribution in [0.1, 0.15) is 58.3 Å². The molecule has 0 aromatic heterocycles. The molecule has 5 nitrogen and oxygen atoms in total. The number of hydrogen-bond acceptors (Lipinski definition) is 3. The zero-order valence-corrected chi connectivity index (χ0v) is 14.7. The maximum atomic E-state index is 10.2. The highest BCUT2D eigenvalue weighted by Gasteiger charge is 2.34. The summed E-state index contributed by atoms with van der Waals surface area (Å²) in [6.45, 7) is 7.11. The van der Waals surface area contributed by atoms with Crippen molar-refractivity contribution >= 4 is 5.96 Å². The SMILES string of the molecule is CCNC(=NCC1(O)CCC1)NC1CCN(CC2CCCC2)C1. The Hall–Kier alpha value is -0.810. The van der Waals surface area contributed by atoms with Crippen LogP contribution in [0.25, 0.3) is 0 Å². The van der Waals surface area contributed by atoms with Gasteiger partial charge in [0.05, 0.1) is 12.1 Å². The van der Waals surface area contributed by atoms with Gasteiger partial charge in [-0.3, -0.25) is 4.99 Å². The summed E-state index contributed by atoms with van der Waals surface area (Å²) in [5.74, 6) is 1.81. The van der Waals surface area contributed by atoms with Crippen molar-refractivity contribution in [3.05, 3.63) is 0 Å². The van der Waals surface area contributed by atoms with E-state index in [1.807, 2.05) is 0 Å². The third-order valence-corrected chi connectivity index (χ3v) is 5.76. The topological polar surface area (TPSA) is 59.9 Å². The molecule has 1 heterocycles. The van der Waals surface area contributed by atoms with Crippen LogP contribution >= 0.6 is 0 Å². The number of rotatable bonds is 6. The quantitative estimate of drug-likeness (QED) is 0.515. The molecular weight excluding hydrogens is 288 g/mol. The van der Waals surface area contributed by atoms with Gasteiger partial charge in [0.2, 0.25) is 0 Å².